The normalized spacial score (nSPS) is 14.8. The highest BCUT2D eigenvalue weighted by molar-refractivity contribution is 7.07. The van der Waals surface area contributed by atoms with E-state index >= 15 is 0 Å². The van der Waals surface area contributed by atoms with Crippen molar-refractivity contribution in [2.45, 2.75) is 25.4 Å². The van der Waals surface area contributed by atoms with Crippen LogP contribution in [0, 0.1) is 0 Å². The van der Waals surface area contributed by atoms with E-state index in [0.29, 0.717) is 12.6 Å². The molecule has 3 rings (SSSR count). The summed E-state index contributed by atoms with van der Waals surface area (Å²) in [6.07, 6.45) is 4.11. The molecule has 0 atom stereocenters. The summed E-state index contributed by atoms with van der Waals surface area (Å²) in [6.45, 7) is 0.548. The molecular formula is C12H13N3OS. The molecule has 17 heavy (non-hydrogen) atoms. The SMILES string of the molecule is O=c1cc(NC2CC2)cnn1Cc1ccsc1. The molecule has 88 valence electrons. The van der Waals surface area contributed by atoms with Crippen LogP contribution < -0.4 is 10.9 Å². The standard InChI is InChI=1S/C12H13N3OS/c16-12-5-11(14-10-1-2-10)6-13-15(12)7-9-3-4-17-8-9/h3-6,8,10,14H,1-2,7H2. The number of nitrogens with one attached hydrogen (secondary N) is 1. The summed E-state index contributed by atoms with van der Waals surface area (Å²) in [5.74, 6) is 0. The zero-order valence-electron chi connectivity index (χ0n) is 9.30. The van der Waals surface area contributed by atoms with E-state index < -0.39 is 0 Å². The van der Waals surface area contributed by atoms with Gasteiger partial charge >= 0.3 is 0 Å². The molecule has 5 heteroatoms. The molecule has 0 radical (unpaired) electrons. The van der Waals surface area contributed by atoms with Crippen molar-refractivity contribution in [2.24, 2.45) is 0 Å². The minimum Gasteiger partial charge on any atom is -0.381 e. The van der Waals surface area contributed by atoms with Crippen LogP contribution in [0.25, 0.3) is 0 Å². The highest BCUT2D eigenvalue weighted by Gasteiger charge is 2.20. The molecule has 0 saturated heterocycles. The van der Waals surface area contributed by atoms with Gasteiger partial charge in [0.05, 0.1) is 18.4 Å². The Labute approximate surface area is 103 Å². The Morgan fingerprint density at radius 2 is 2.41 bits per heavy atom. The summed E-state index contributed by atoms with van der Waals surface area (Å²) in [7, 11) is 0. The van der Waals surface area contributed by atoms with Gasteiger partial charge in [-0.05, 0) is 35.2 Å². The highest BCUT2D eigenvalue weighted by atomic mass is 32.1. The van der Waals surface area contributed by atoms with Gasteiger partial charge in [0.1, 0.15) is 0 Å². The maximum Gasteiger partial charge on any atom is 0.269 e. The summed E-state index contributed by atoms with van der Waals surface area (Å²) in [4.78, 5) is 11.8. The first-order chi connectivity index (χ1) is 8.31. The van der Waals surface area contributed by atoms with Crippen LogP contribution in [0.2, 0.25) is 0 Å². The third kappa shape index (κ3) is 2.55. The van der Waals surface area contributed by atoms with Crippen LogP contribution in [-0.4, -0.2) is 15.8 Å². The Bertz CT molecular complexity index is 557. The Balaban J connectivity index is 1.78. The molecule has 2 aromatic heterocycles. The first-order valence-electron chi connectivity index (χ1n) is 5.66. The monoisotopic (exact) mass is 247 g/mol. The van der Waals surface area contributed by atoms with Crippen LogP contribution in [0.15, 0.2) is 33.9 Å². The van der Waals surface area contributed by atoms with Gasteiger partial charge in [0.2, 0.25) is 0 Å². The zero-order chi connectivity index (χ0) is 11.7. The minimum atomic E-state index is -0.0538. The predicted octanol–water partition coefficient (Wildman–Crippen LogP) is 1.93. The van der Waals surface area contributed by atoms with Crippen molar-refractivity contribution in [3.63, 3.8) is 0 Å². The molecular weight excluding hydrogens is 234 g/mol. The van der Waals surface area contributed by atoms with Crippen LogP contribution in [0.5, 0.6) is 0 Å². The maximum absolute atomic E-state index is 11.8. The van der Waals surface area contributed by atoms with E-state index in [9.17, 15) is 4.79 Å². The van der Waals surface area contributed by atoms with E-state index in [1.54, 1.807) is 23.6 Å². The third-order valence-electron chi connectivity index (χ3n) is 2.73. The molecule has 2 aromatic rings. The first kappa shape index (κ1) is 10.5. The lowest BCUT2D eigenvalue weighted by molar-refractivity contribution is 0.641. The van der Waals surface area contributed by atoms with Gasteiger partial charge in [-0.2, -0.15) is 16.4 Å². The second-order valence-corrected chi connectivity index (χ2v) is 5.07. The number of thiophene rings is 1. The number of hydrogen-bond acceptors (Lipinski definition) is 4. The molecule has 4 nitrogen and oxygen atoms in total. The Hall–Kier alpha value is -1.62. The molecule has 2 heterocycles. The zero-order valence-corrected chi connectivity index (χ0v) is 10.1. The maximum atomic E-state index is 11.8. The molecule has 1 aliphatic carbocycles. The molecule has 1 fully saturated rings. The van der Waals surface area contributed by atoms with Crippen molar-refractivity contribution < 1.29 is 0 Å². The van der Waals surface area contributed by atoms with Crippen LogP contribution in [0.3, 0.4) is 0 Å². The van der Waals surface area contributed by atoms with Gasteiger partial charge in [-0.3, -0.25) is 4.79 Å². The van der Waals surface area contributed by atoms with Crippen LogP contribution >= 0.6 is 11.3 Å². The van der Waals surface area contributed by atoms with E-state index in [0.717, 1.165) is 11.3 Å². The van der Waals surface area contributed by atoms with Crippen molar-refractivity contribution in [1.82, 2.24) is 9.78 Å². The van der Waals surface area contributed by atoms with Crippen LogP contribution in [0.1, 0.15) is 18.4 Å². The lowest BCUT2D eigenvalue weighted by Crippen LogP contribution is -2.23. The van der Waals surface area contributed by atoms with E-state index in [1.807, 2.05) is 16.8 Å². The van der Waals surface area contributed by atoms with Gasteiger partial charge in [0, 0.05) is 12.1 Å². The van der Waals surface area contributed by atoms with Gasteiger partial charge in [-0.1, -0.05) is 0 Å². The Morgan fingerprint density at radius 1 is 1.53 bits per heavy atom. The van der Waals surface area contributed by atoms with Gasteiger partial charge < -0.3 is 5.32 Å². The summed E-state index contributed by atoms with van der Waals surface area (Å²) in [5.41, 5.74) is 1.90. The molecule has 1 N–H and O–H groups in total. The van der Waals surface area contributed by atoms with Crippen LogP contribution in [0.4, 0.5) is 5.69 Å². The molecule has 1 saturated carbocycles. The van der Waals surface area contributed by atoms with E-state index in [4.69, 9.17) is 0 Å². The lowest BCUT2D eigenvalue weighted by Gasteiger charge is -2.06. The van der Waals surface area contributed by atoms with E-state index in [1.165, 1.54) is 17.5 Å². The molecule has 0 aromatic carbocycles. The van der Waals surface area contributed by atoms with Crippen molar-refractivity contribution in [1.29, 1.82) is 0 Å². The molecule has 0 spiro atoms. The van der Waals surface area contributed by atoms with Crippen molar-refractivity contribution in [3.05, 3.63) is 45.0 Å². The molecule has 1 aliphatic rings. The summed E-state index contributed by atoms with van der Waals surface area (Å²) in [5, 5.41) is 11.5. The fourth-order valence-corrected chi connectivity index (χ4v) is 2.31. The second-order valence-electron chi connectivity index (χ2n) is 4.29. The smallest absolute Gasteiger partial charge is 0.269 e. The van der Waals surface area contributed by atoms with Crippen molar-refractivity contribution in [3.8, 4) is 0 Å². The number of nitrogens with zero attached hydrogens (tertiary/aromatic N) is 2. The second kappa shape index (κ2) is 4.33. The molecule has 0 aliphatic heterocycles. The molecule has 0 bridgehead atoms. The lowest BCUT2D eigenvalue weighted by atomic mass is 10.3. The summed E-state index contributed by atoms with van der Waals surface area (Å²) < 4.78 is 1.49. The van der Waals surface area contributed by atoms with Crippen molar-refractivity contribution in [2.75, 3.05) is 5.32 Å². The highest BCUT2D eigenvalue weighted by Crippen LogP contribution is 2.23. The van der Waals surface area contributed by atoms with Gasteiger partial charge in [-0.15, -0.1) is 0 Å². The number of aromatic nitrogens is 2. The fourth-order valence-electron chi connectivity index (χ4n) is 1.65. The van der Waals surface area contributed by atoms with Crippen molar-refractivity contribution >= 4 is 17.0 Å². The summed E-state index contributed by atoms with van der Waals surface area (Å²) >= 11 is 1.63. The average Bonchev–Trinajstić information content (AvgIpc) is 2.97. The molecule has 0 amide bonds. The fraction of sp³-hybridized carbons (Fsp3) is 0.333. The first-order valence-corrected chi connectivity index (χ1v) is 6.60. The van der Waals surface area contributed by atoms with Gasteiger partial charge in [0.25, 0.3) is 5.56 Å². The number of anilines is 1. The quantitative estimate of drug-likeness (QED) is 0.898. The Morgan fingerprint density at radius 3 is 3.06 bits per heavy atom. The average molecular weight is 247 g/mol. The topological polar surface area (TPSA) is 46.9 Å². The van der Waals surface area contributed by atoms with Crippen LogP contribution in [-0.2, 0) is 6.54 Å². The van der Waals surface area contributed by atoms with E-state index in [-0.39, 0.29) is 5.56 Å². The van der Waals surface area contributed by atoms with E-state index in [2.05, 4.69) is 10.4 Å². The number of hydrogen-bond donors (Lipinski definition) is 1. The minimum absolute atomic E-state index is 0.0538. The summed E-state index contributed by atoms with van der Waals surface area (Å²) in [6, 6.07) is 4.18. The largest absolute Gasteiger partial charge is 0.381 e. The van der Waals surface area contributed by atoms with Gasteiger partial charge in [-0.25, -0.2) is 4.68 Å². The Kier molecular flexibility index (Phi) is 2.68. The molecule has 0 unspecified atom stereocenters. The van der Waals surface area contributed by atoms with Gasteiger partial charge in [0.15, 0.2) is 0 Å². The predicted molar refractivity (Wildman–Crippen MR) is 68.6 cm³/mol. The third-order valence-corrected chi connectivity index (χ3v) is 3.46. The number of rotatable bonds is 4.